The third-order valence-corrected chi connectivity index (χ3v) is 5.10. The van der Waals surface area contributed by atoms with Gasteiger partial charge in [0.05, 0.1) is 17.4 Å². The van der Waals surface area contributed by atoms with Crippen molar-refractivity contribution in [2.75, 3.05) is 13.1 Å². The first-order valence-electron chi connectivity index (χ1n) is 9.32. The van der Waals surface area contributed by atoms with Gasteiger partial charge in [-0.15, -0.1) is 0 Å². The minimum absolute atomic E-state index is 0.0258. The van der Waals surface area contributed by atoms with Crippen molar-refractivity contribution in [3.05, 3.63) is 47.9 Å². The molecule has 1 atom stereocenters. The van der Waals surface area contributed by atoms with Gasteiger partial charge in [0.15, 0.2) is 11.3 Å². The summed E-state index contributed by atoms with van der Waals surface area (Å²) in [5, 5.41) is 9.72. The van der Waals surface area contributed by atoms with E-state index >= 15 is 0 Å². The number of amides is 2. The molecule has 0 saturated carbocycles. The Morgan fingerprint density at radius 3 is 3.04 bits per heavy atom. The molecule has 1 aliphatic rings. The molecule has 1 fully saturated rings. The summed E-state index contributed by atoms with van der Waals surface area (Å²) in [6.07, 6.45) is 10.5. The lowest BCUT2D eigenvalue weighted by Gasteiger charge is -2.26. The molecule has 4 rings (SSSR count). The van der Waals surface area contributed by atoms with Crippen LogP contribution >= 0.6 is 0 Å². The van der Waals surface area contributed by atoms with Gasteiger partial charge in [-0.2, -0.15) is 5.10 Å². The number of imidazole rings is 1. The number of hydrogen-bond acceptors (Lipinski definition) is 5. The van der Waals surface area contributed by atoms with E-state index in [1.807, 2.05) is 24.4 Å². The highest BCUT2D eigenvalue weighted by Crippen LogP contribution is 2.23. The Morgan fingerprint density at radius 2 is 2.25 bits per heavy atom. The van der Waals surface area contributed by atoms with Gasteiger partial charge in [0.25, 0.3) is 5.91 Å². The van der Waals surface area contributed by atoms with Crippen molar-refractivity contribution in [3.63, 3.8) is 0 Å². The number of fused-ring (bicyclic) bond motifs is 1. The summed E-state index contributed by atoms with van der Waals surface area (Å²) in [4.78, 5) is 35.8. The number of aryl methyl sites for hydroxylation is 2. The van der Waals surface area contributed by atoms with Crippen molar-refractivity contribution in [3.8, 4) is 0 Å². The van der Waals surface area contributed by atoms with E-state index in [9.17, 15) is 9.59 Å². The molecule has 1 unspecified atom stereocenters. The summed E-state index contributed by atoms with van der Waals surface area (Å²) in [7, 11) is 0. The van der Waals surface area contributed by atoms with Gasteiger partial charge in [0, 0.05) is 44.3 Å². The molecule has 2 amide bonds. The molecule has 0 radical (unpaired) electrons. The van der Waals surface area contributed by atoms with E-state index in [1.54, 1.807) is 29.7 Å². The van der Waals surface area contributed by atoms with E-state index in [0.29, 0.717) is 43.7 Å². The van der Waals surface area contributed by atoms with Gasteiger partial charge in [-0.3, -0.25) is 14.7 Å². The van der Waals surface area contributed by atoms with Crippen molar-refractivity contribution in [2.24, 2.45) is 0 Å². The molecule has 1 aliphatic heterocycles. The molecule has 0 aliphatic carbocycles. The zero-order chi connectivity index (χ0) is 19.7. The third-order valence-electron chi connectivity index (χ3n) is 5.10. The summed E-state index contributed by atoms with van der Waals surface area (Å²) >= 11 is 0. The molecular weight excluding hydrogens is 358 g/mol. The van der Waals surface area contributed by atoms with Gasteiger partial charge >= 0.3 is 0 Å². The van der Waals surface area contributed by atoms with Gasteiger partial charge in [-0.1, -0.05) is 0 Å². The van der Waals surface area contributed by atoms with Gasteiger partial charge in [-0.05, 0) is 32.3 Å². The Labute approximate surface area is 162 Å². The molecule has 9 nitrogen and oxygen atoms in total. The van der Waals surface area contributed by atoms with Crippen LogP contribution in [0.3, 0.4) is 0 Å². The number of carbonyl (C=O) groups is 2. The zero-order valence-electron chi connectivity index (χ0n) is 16.0. The number of aromatic nitrogens is 5. The average Bonchev–Trinajstić information content (AvgIpc) is 3.38. The predicted octanol–water partition coefficient (Wildman–Crippen LogP) is 1.11. The van der Waals surface area contributed by atoms with E-state index in [1.165, 1.54) is 0 Å². The maximum atomic E-state index is 13.0. The van der Waals surface area contributed by atoms with Crippen LogP contribution in [0.4, 0.5) is 0 Å². The van der Waals surface area contributed by atoms with Crippen LogP contribution in [0.1, 0.15) is 41.5 Å². The summed E-state index contributed by atoms with van der Waals surface area (Å²) in [5.74, 6) is -0.185. The fraction of sp³-hybridized carbons (Fsp3) is 0.421. The predicted molar refractivity (Wildman–Crippen MR) is 102 cm³/mol. The number of carbonyl (C=O) groups excluding carboxylic acids is 2. The second-order valence-electron chi connectivity index (χ2n) is 7.58. The fourth-order valence-electron chi connectivity index (χ4n) is 3.65. The quantitative estimate of drug-likeness (QED) is 0.688. The fourth-order valence-corrected chi connectivity index (χ4v) is 3.65. The summed E-state index contributed by atoms with van der Waals surface area (Å²) in [6, 6.07) is 0. The first-order valence-corrected chi connectivity index (χ1v) is 9.32. The Kier molecular flexibility index (Phi) is 4.58. The molecule has 3 aromatic heterocycles. The number of hydrogen-bond donors (Lipinski definition) is 2. The van der Waals surface area contributed by atoms with Crippen LogP contribution in [0.5, 0.6) is 0 Å². The molecule has 146 valence electrons. The number of rotatable bonds is 5. The molecule has 0 bridgehead atoms. The van der Waals surface area contributed by atoms with Crippen LogP contribution in [0.15, 0.2) is 31.0 Å². The third kappa shape index (κ3) is 3.60. The molecule has 0 aromatic carbocycles. The summed E-state index contributed by atoms with van der Waals surface area (Å²) in [6.45, 7) is 4.88. The van der Waals surface area contributed by atoms with E-state index < -0.39 is 5.54 Å². The van der Waals surface area contributed by atoms with Crippen LogP contribution in [0.25, 0.3) is 5.65 Å². The topological polar surface area (TPSA) is 108 Å². The van der Waals surface area contributed by atoms with Crippen LogP contribution in [0, 0.1) is 6.92 Å². The van der Waals surface area contributed by atoms with Crippen molar-refractivity contribution in [2.45, 2.75) is 38.6 Å². The number of aromatic amines is 1. The monoisotopic (exact) mass is 381 g/mol. The minimum atomic E-state index is -0.445. The second-order valence-corrected chi connectivity index (χ2v) is 7.58. The molecule has 0 spiro atoms. The van der Waals surface area contributed by atoms with E-state index in [2.05, 4.69) is 25.5 Å². The molecule has 3 aromatic rings. The molecule has 4 heterocycles. The highest BCUT2D eigenvalue weighted by Gasteiger charge is 2.38. The highest BCUT2D eigenvalue weighted by molar-refractivity contribution is 5.98. The number of nitrogens with zero attached hydrogens (tertiary/aromatic N) is 5. The highest BCUT2D eigenvalue weighted by atomic mass is 16.2. The van der Waals surface area contributed by atoms with E-state index in [0.717, 1.165) is 11.3 Å². The van der Waals surface area contributed by atoms with Gasteiger partial charge in [-0.25, -0.2) is 9.97 Å². The Balaban J connectivity index is 1.41. The molecular formula is C19H23N7O2. The van der Waals surface area contributed by atoms with E-state index in [4.69, 9.17) is 0 Å². The summed E-state index contributed by atoms with van der Waals surface area (Å²) < 4.78 is 1.81. The smallest absolute Gasteiger partial charge is 0.276 e. The lowest BCUT2D eigenvalue weighted by molar-refractivity contribution is -0.122. The molecule has 28 heavy (non-hydrogen) atoms. The molecule has 1 saturated heterocycles. The number of likely N-dealkylation sites (tertiary alicyclic amines) is 1. The van der Waals surface area contributed by atoms with Crippen LogP contribution in [-0.4, -0.2) is 59.9 Å². The number of H-pyrrole nitrogens is 1. The van der Waals surface area contributed by atoms with Crippen molar-refractivity contribution < 1.29 is 9.59 Å². The lowest BCUT2D eigenvalue weighted by atomic mass is 10.0. The largest absolute Gasteiger partial charge is 0.349 e. The second kappa shape index (κ2) is 7.06. The van der Waals surface area contributed by atoms with Crippen LogP contribution < -0.4 is 5.32 Å². The van der Waals surface area contributed by atoms with E-state index in [-0.39, 0.29) is 11.8 Å². The average molecular weight is 381 g/mol. The lowest BCUT2D eigenvalue weighted by Crippen LogP contribution is -2.48. The first-order chi connectivity index (χ1) is 13.4. The van der Waals surface area contributed by atoms with Crippen molar-refractivity contribution >= 4 is 17.5 Å². The molecule has 9 heteroatoms. The first kappa shape index (κ1) is 18.1. The minimum Gasteiger partial charge on any atom is -0.349 e. The maximum absolute atomic E-state index is 13.0. The van der Waals surface area contributed by atoms with Crippen molar-refractivity contribution in [1.29, 1.82) is 0 Å². The van der Waals surface area contributed by atoms with Crippen LogP contribution in [-0.2, 0) is 11.2 Å². The van der Waals surface area contributed by atoms with Crippen molar-refractivity contribution in [1.82, 2.24) is 34.8 Å². The van der Waals surface area contributed by atoms with Crippen LogP contribution in [0.2, 0.25) is 0 Å². The normalized spacial score (nSPS) is 19.3. The SMILES string of the molecule is Cc1cn2ccnc(C(=O)N3CCC(C)(NC(=O)CCc4cn[nH]c4)C3)c2n1. The summed E-state index contributed by atoms with van der Waals surface area (Å²) in [5.41, 5.74) is 2.28. The van der Waals surface area contributed by atoms with Gasteiger partial charge < -0.3 is 14.6 Å². The Bertz CT molecular complexity index is 1010. The van der Waals surface area contributed by atoms with Gasteiger partial charge in [0.1, 0.15) is 0 Å². The maximum Gasteiger partial charge on any atom is 0.276 e. The zero-order valence-corrected chi connectivity index (χ0v) is 16.0. The number of nitrogens with one attached hydrogen (secondary N) is 2. The molecule has 2 N–H and O–H groups in total. The Morgan fingerprint density at radius 1 is 1.39 bits per heavy atom. The standard InChI is InChI=1S/C19H23N7O2/c1-13-11-25-8-6-20-16(17(25)23-13)18(28)26-7-5-19(2,12-26)24-15(27)4-3-14-9-21-22-10-14/h6,8-11H,3-5,7,12H2,1-2H3,(H,21,22)(H,24,27). The van der Waals surface area contributed by atoms with Gasteiger partial charge in [0.2, 0.25) is 5.91 Å². The Hall–Kier alpha value is -3.23.